The number of carbonyl (C=O) groups excluding carboxylic acids is 2. The standard InChI is InChI=1S/C17H25N3O3/c1-12-14(16(18)21)7-5-8-15(12)19-17(22)20(2)10-9-13-6-3-4-11-23-13/h5,7-8,13H,3-4,6,9-11H2,1-2H3,(H2,18,21)(H,19,22)/t13-/m0/s1. The van der Waals surface area contributed by atoms with Crippen LogP contribution < -0.4 is 11.1 Å². The second kappa shape index (κ2) is 7.97. The fourth-order valence-corrected chi connectivity index (χ4v) is 2.72. The summed E-state index contributed by atoms with van der Waals surface area (Å²) in [6.45, 7) is 3.22. The highest BCUT2D eigenvalue weighted by atomic mass is 16.5. The van der Waals surface area contributed by atoms with Gasteiger partial charge in [-0.15, -0.1) is 0 Å². The van der Waals surface area contributed by atoms with E-state index in [1.165, 1.54) is 6.42 Å². The molecule has 0 aromatic heterocycles. The molecule has 1 fully saturated rings. The number of nitrogens with zero attached hydrogens (tertiary/aromatic N) is 1. The van der Waals surface area contributed by atoms with Crippen LogP contribution in [0.1, 0.15) is 41.6 Å². The third-order valence-corrected chi connectivity index (χ3v) is 4.25. The van der Waals surface area contributed by atoms with E-state index in [2.05, 4.69) is 5.32 Å². The van der Waals surface area contributed by atoms with Gasteiger partial charge in [-0.2, -0.15) is 0 Å². The van der Waals surface area contributed by atoms with Gasteiger partial charge in [0.05, 0.1) is 6.10 Å². The summed E-state index contributed by atoms with van der Waals surface area (Å²) in [5.74, 6) is -0.499. The normalized spacial score (nSPS) is 17.6. The molecule has 1 atom stereocenters. The number of urea groups is 1. The SMILES string of the molecule is Cc1c(NC(=O)N(C)CC[C@@H]2CCCCO2)cccc1C(N)=O. The number of hydrogen-bond donors (Lipinski definition) is 2. The summed E-state index contributed by atoms with van der Waals surface area (Å²) < 4.78 is 5.68. The molecule has 0 unspecified atom stereocenters. The second-order valence-corrected chi connectivity index (χ2v) is 5.97. The lowest BCUT2D eigenvalue weighted by Gasteiger charge is -2.25. The smallest absolute Gasteiger partial charge is 0.321 e. The van der Waals surface area contributed by atoms with Gasteiger partial charge in [0.25, 0.3) is 0 Å². The van der Waals surface area contributed by atoms with Gasteiger partial charge in [-0.25, -0.2) is 4.79 Å². The lowest BCUT2D eigenvalue weighted by molar-refractivity contribution is 0.00848. The van der Waals surface area contributed by atoms with Crippen LogP contribution in [-0.4, -0.2) is 43.1 Å². The van der Waals surface area contributed by atoms with E-state index in [0.29, 0.717) is 23.4 Å². The van der Waals surface area contributed by atoms with Crippen molar-refractivity contribution in [1.82, 2.24) is 4.90 Å². The largest absolute Gasteiger partial charge is 0.378 e. The third-order valence-electron chi connectivity index (χ3n) is 4.25. The molecule has 2 rings (SSSR count). The fourth-order valence-electron chi connectivity index (χ4n) is 2.72. The monoisotopic (exact) mass is 319 g/mol. The summed E-state index contributed by atoms with van der Waals surface area (Å²) >= 11 is 0. The molecule has 3 amide bonds. The molecule has 1 aromatic rings. The quantitative estimate of drug-likeness (QED) is 0.874. The first-order chi connectivity index (χ1) is 11.0. The molecular weight excluding hydrogens is 294 g/mol. The van der Waals surface area contributed by atoms with Crippen molar-refractivity contribution in [3.05, 3.63) is 29.3 Å². The average molecular weight is 319 g/mol. The number of carbonyl (C=O) groups is 2. The van der Waals surface area contributed by atoms with Crippen molar-refractivity contribution in [2.75, 3.05) is 25.5 Å². The van der Waals surface area contributed by atoms with Crippen LogP contribution >= 0.6 is 0 Å². The van der Waals surface area contributed by atoms with E-state index >= 15 is 0 Å². The molecule has 0 radical (unpaired) electrons. The highest BCUT2D eigenvalue weighted by Crippen LogP contribution is 2.19. The van der Waals surface area contributed by atoms with E-state index in [1.54, 1.807) is 37.1 Å². The molecule has 1 heterocycles. The summed E-state index contributed by atoms with van der Waals surface area (Å²) in [4.78, 5) is 25.3. The molecule has 1 aliphatic rings. The van der Waals surface area contributed by atoms with E-state index in [0.717, 1.165) is 25.9 Å². The van der Waals surface area contributed by atoms with Crippen LogP contribution in [0.25, 0.3) is 0 Å². The van der Waals surface area contributed by atoms with E-state index in [-0.39, 0.29) is 12.1 Å². The van der Waals surface area contributed by atoms with E-state index in [9.17, 15) is 9.59 Å². The zero-order valence-corrected chi connectivity index (χ0v) is 13.8. The van der Waals surface area contributed by atoms with Gasteiger partial charge in [-0.1, -0.05) is 6.07 Å². The molecule has 0 aliphatic carbocycles. The van der Waals surface area contributed by atoms with Crippen LogP contribution in [0.4, 0.5) is 10.5 Å². The van der Waals surface area contributed by atoms with Crippen molar-refractivity contribution >= 4 is 17.6 Å². The summed E-state index contributed by atoms with van der Waals surface area (Å²) in [5.41, 5.74) is 7.03. The van der Waals surface area contributed by atoms with Crippen LogP contribution in [-0.2, 0) is 4.74 Å². The van der Waals surface area contributed by atoms with Crippen LogP contribution in [0.5, 0.6) is 0 Å². The maximum Gasteiger partial charge on any atom is 0.321 e. The van der Waals surface area contributed by atoms with Gasteiger partial charge in [0.2, 0.25) is 5.91 Å². The number of anilines is 1. The van der Waals surface area contributed by atoms with Crippen molar-refractivity contribution in [1.29, 1.82) is 0 Å². The molecule has 0 saturated carbocycles. The Bertz CT molecular complexity index is 568. The molecule has 23 heavy (non-hydrogen) atoms. The molecule has 1 saturated heterocycles. The molecule has 0 bridgehead atoms. The Labute approximate surface area is 137 Å². The number of ether oxygens (including phenoxy) is 1. The van der Waals surface area contributed by atoms with Gasteiger partial charge >= 0.3 is 6.03 Å². The molecule has 6 nitrogen and oxygen atoms in total. The highest BCUT2D eigenvalue weighted by molar-refractivity contribution is 5.98. The van der Waals surface area contributed by atoms with Gasteiger partial charge in [-0.3, -0.25) is 4.79 Å². The first-order valence-electron chi connectivity index (χ1n) is 8.02. The van der Waals surface area contributed by atoms with Crippen LogP contribution in [0, 0.1) is 6.92 Å². The van der Waals surface area contributed by atoms with Crippen LogP contribution in [0.3, 0.4) is 0 Å². The third kappa shape index (κ3) is 4.69. The number of primary amides is 1. The Kier molecular flexibility index (Phi) is 5.98. The first-order valence-corrected chi connectivity index (χ1v) is 8.02. The number of rotatable bonds is 5. The minimum absolute atomic E-state index is 0.203. The minimum Gasteiger partial charge on any atom is -0.378 e. The number of amides is 3. The average Bonchev–Trinajstić information content (AvgIpc) is 2.55. The van der Waals surface area contributed by atoms with Crippen LogP contribution in [0.2, 0.25) is 0 Å². The van der Waals surface area contributed by atoms with Crippen molar-refractivity contribution in [2.24, 2.45) is 5.73 Å². The van der Waals surface area contributed by atoms with Crippen LogP contribution in [0.15, 0.2) is 18.2 Å². The predicted octanol–water partition coefficient (Wildman–Crippen LogP) is 2.52. The highest BCUT2D eigenvalue weighted by Gasteiger charge is 2.17. The maximum absolute atomic E-state index is 12.3. The van der Waals surface area contributed by atoms with Gasteiger partial charge in [-0.05, 0) is 50.3 Å². The van der Waals surface area contributed by atoms with Gasteiger partial charge in [0, 0.05) is 31.5 Å². The molecule has 1 aliphatic heterocycles. The van der Waals surface area contributed by atoms with Gasteiger partial charge in [0.1, 0.15) is 0 Å². The minimum atomic E-state index is -0.499. The number of nitrogens with two attached hydrogens (primary N) is 1. The molecular formula is C17H25N3O3. The van der Waals surface area contributed by atoms with Crippen molar-refractivity contribution in [3.8, 4) is 0 Å². The Balaban J connectivity index is 1.90. The molecule has 1 aromatic carbocycles. The Morgan fingerprint density at radius 2 is 2.17 bits per heavy atom. The second-order valence-electron chi connectivity index (χ2n) is 5.97. The van der Waals surface area contributed by atoms with Crippen molar-refractivity contribution in [3.63, 3.8) is 0 Å². The Hall–Kier alpha value is -2.08. The summed E-state index contributed by atoms with van der Waals surface area (Å²) in [6, 6.07) is 4.92. The van der Waals surface area contributed by atoms with Gasteiger partial charge in [0.15, 0.2) is 0 Å². The summed E-state index contributed by atoms with van der Waals surface area (Å²) in [6.07, 6.45) is 4.47. The van der Waals surface area contributed by atoms with E-state index in [1.807, 2.05) is 0 Å². The number of hydrogen-bond acceptors (Lipinski definition) is 3. The summed E-state index contributed by atoms with van der Waals surface area (Å²) in [5, 5.41) is 2.83. The van der Waals surface area contributed by atoms with Crippen molar-refractivity contribution < 1.29 is 14.3 Å². The zero-order chi connectivity index (χ0) is 16.8. The first kappa shape index (κ1) is 17.3. The Morgan fingerprint density at radius 1 is 1.39 bits per heavy atom. The lowest BCUT2D eigenvalue weighted by Crippen LogP contribution is -2.34. The lowest BCUT2D eigenvalue weighted by atomic mass is 10.1. The number of nitrogens with one attached hydrogen (secondary N) is 1. The van der Waals surface area contributed by atoms with Crippen molar-refractivity contribution in [2.45, 2.75) is 38.7 Å². The summed E-state index contributed by atoms with van der Waals surface area (Å²) in [7, 11) is 1.76. The number of benzene rings is 1. The molecule has 6 heteroatoms. The molecule has 0 spiro atoms. The molecule has 3 N–H and O–H groups in total. The molecule has 126 valence electrons. The topological polar surface area (TPSA) is 84.7 Å². The predicted molar refractivity (Wildman–Crippen MR) is 89.6 cm³/mol. The maximum atomic E-state index is 12.3. The fraction of sp³-hybridized carbons (Fsp3) is 0.529. The Morgan fingerprint density at radius 3 is 2.83 bits per heavy atom. The van der Waals surface area contributed by atoms with E-state index in [4.69, 9.17) is 10.5 Å². The van der Waals surface area contributed by atoms with E-state index < -0.39 is 5.91 Å². The van der Waals surface area contributed by atoms with Gasteiger partial charge < -0.3 is 20.7 Å². The zero-order valence-electron chi connectivity index (χ0n) is 13.8.